The van der Waals surface area contributed by atoms with Gasteiger partial charge in [0.05, 0.1) is 50.1 Å². The number of fused-ring (bicyclic) bond motifs is 2. The highest BCUT2D eigenvalue weighted by molar-refractivity contribution is 5.95. The topological polar surface area (TPSA) is 200 Å². The number of carbonyl (C=O) groups excluding carboxylic acids is 6. The monoisotopic (exact) mass is 1000 g/mol. The lowest BCUT2D eigenvalue weighted by atomic mass is 9.85. The molecule has 2 aliphatic carbocycles. The van der Waals surface area contributed by atoms with Gasteiger partial charge in [0.2, 0.25) is 35.4 Å². The van der Waals surface area contributed by atoms with Crippen LogP contribution in [-0.2, 0) is 64.3 Å². The molecule has 7 rings (SSSR count). The summed E-state index contributed by atoms with van der Waals surface area (Å²) in [5.74, 6) is -1.75. The second kappa shape index (κ2) is 24.1. The average Bonchev–Trinajstić information content (AvgIpc) is 4.01. The van der Waals surface area contributed by atoms with E-state index in [1.165, 1.54) is 11.1 Å². The van der Waals surface area contributed by atoms with E-state index in [0.717, 1.165) is 60.8 Å². The molecule has 0 unspecified atom stereocenters. The molecule has 6 amide bonds. The number of hydrogen-bond donors (Lipinski definition) is 6. The average molecular weight is 1010 g/mol. The molecule has 16 nitrogen and oxygen atoms in total. The fraction of sp³-hybridized carbons (Fsp3) is 0.579. The third kappa shape index (κ3) is 13.7. The Morgan fingerprint density at radius 3 is 1.45 bits per heavy atom. The zero-order valence-electron chi connectivity index (χ0n) is 44.5. The molecule has 73 heavy (non-hydrogen) atoms. The molecule has 3 aromatic rings. The summed E-state index contributed by atoms with van der Waals surface area (Å²) in [5, 5.41) is 18.2. The van der Waals surface area contributed by atoms with Crippen LogP contribution in [0.25, 0.3) is 0 Å². The van der Waals surface area contributed by atoms with Crippen LogP contribution in [0.4, 0.5) is 0 Å². The van der Waals surface area contributed by atoms with Gasteiger partial charge in [-0.2, -0.15) is 0 Å². The van der Waals surface area contributed by atoms with Gasteiger partial charge in [0.15, 0.2) is 0 Å². The Kier molecular flexibility index (Phi) is 18.2. The molecule has 0 saturated carbocycles. The molecule has 4 aliphatic rings. The van der Waals surface area contributed by atoms with Crippen molar-refractivity contribution < 1.29 is 38.2 Å². The fourth-order valence-electron chi connectivity index (χ4n) is 10.7. The number of rotatable bonds is 18. The molecule has 0 bridgehead atoms. The van der Waals surface area contributed by atoms with Crippen LogP contribution in [0.2, 0.25) is 0 Å². The molecule has 396 valence electrons. The van der Waals surface area contributed by atoms with Gasteiger partial charge in [-0.25, -0.2) is 0 Å². The van der Waals surface area contributed by atoms with Gasteiger partial charge in [0.25, 0.3) is 0 Å². The highest BCUT2D eigenvalue weighted by Crippen LogP contribution is 2.34. The first kappa shape index (κ1) is 55.1. The van der Waals surface area contributed by atoms with Crippen LogP contribution in [0.5, 0.6) is 0 Å². The van der Waals surface area contributed by atoms with Crippen molar-refractivity contribution in [1.82, 2.24) is 41.7 Å². The highest BCUT2D eigenvalue weighted by atomic mass is 16.5. The van der Waals surface area contributed by atoms with Crippen molar-refractivity contribution in [3.63, 3.8) is 0 Å². The third-order valence-electron chi connectivity index (χ3n) is 15.0. The summed E-state index contributed by atoms with van der Waals surface area (Å²) < 4.78 is 13.0. The Bertz CT molecular complexity index is 2430. The van der Waals surface area contributed by atoms with Crippen molar-refractivity contribution in [3.8, 4) is 0 Å². The van der Waals surface area contributed by atoms with E-state index in [1.54, 1.807) is 30.8 Å². The van der Waals surface area contributed by atoms with Crippen LogP contribution in [0.15, 0.2) is 72.8 Å². The zero-order valence-corrected chi connectivity index (χ0v) is 44.5. The number of ether oxygens (including phenoxy) is 2. The van der Waals surface area contributed by atoms with Crippen LogP contribution in [-0.4, -0.2) is 121 Å². The molecular weight excluding hydrogens is 925 g/mol. The molecule has 0 radical (unpaired) electrons. The van der Waals surface area contributed by atoms with Crippen molar-refractivity contribution in [3.05, 3.63) is 106 Å². The lowest BCUT2D eigenvalue weighted by molar-refractivity contribution is -0.144. The molecular formula is C57H80N8O8. The van der Waals surface area contributed by atoms with Crippen molar-refractivity contribution in [2.24, 2.45) is 10.8 Å². The smallest absolute Gasteiger partial charge is 0.246 e. The minimum Gasteiger partial charge on any atom is -0.372 e. The van der Waals surface area contributed by atoms with Crippen molar-refractivity contribution >= 4 is 35.4 Å². The Labute approximate surface area is 432 Å². The predicted octanol–water partition coefficient (Wildman–Crippen LogP) is 4.94. The Hall–Kier alpha value is -5.68. The van der Waals surface area contributed by atoms with E-state index in [2.05, 4.69) is 56.2 Å². The molecule has 0 aromatic heterocycles. The minimum atomic E-state index is -0.887. The largest absolute Gasteiger partial charge is 0.372 e. The van der Waals surface area contributed by atoms with Gasteiger partial charge in [0.1, 0.15) is 24.2 Å². The van der Waals surface area contributed by atoms with Crippen LogP contribution in [0.1, 0.15) is 132 Å². The molecule has 2 fully saturated rings. The summed E-state index contributed by atoms with van der Waals surface area (Å²) in [5.41, 5.74) is 5.14. The fourth-order valence-corrected chi connectivity index (χ4v) is 10.7. The van der Waals surface area contributed by atoms with E-state index in [4.69, 9.17) is 9.47 Å². The molecule has 3 aromatic carbocycles. The van der Waals surface area contributed by atoms with E-state index in [9.17, 15) is 28.8 Å². The Morgan fingerprint density at radius 1 is 0.616 bits per heavy atom. The Balaban J connectivity index is 1.01. The molecule has 2 heterocycles. The molecule has 2 saturated heterocycles. The summed E-state index contributed by atoms with van der Waals surface area (Å²) >= 11 is 0. The number of carbonyl (C=O) groups is 6. The van der Waals surface area contributed by atoms with E-state index in [1.807, 2.05) is 90.1 Å². The molecule has 0 spiro atoms. The van der Waals surface area contributed by atoms with Gasteiger partial charge < -0.3 is 51.2 Å². The number of nitrogens with zero attached hydrogens (tertiary/aromatic N) is 2. The SMILES string of the molecule is CNCC(=O)N[C@H](C(=O)N1C[C@@H](OCc2ccc(CO[C@H]3C[C@@H](C(=O)N[C@@H]4CCCc5ccccc54)N(C(=O)[C@@H](NC(=O)[C@H](C)NC)C(C)(C)C)C3)cc2)C[C@H]1C(=O)N[C@@H]1CCCc2ccccc21)C(C)(C)C. The number of benzene rings is 3. The maximum absolute atomic E-state index is 14.6. The van der Waals surface area contributed by atoms with Gasteiger partial charge in [-0.1, -0.05) is 114 Å². The highest BCUT2D eigenvalue weighted by Gasteiger charge is 2.48. The van der Waals surface area contributed by atoms with Gasteiger partial charge >= 0.3 is 0 Å². The lowest BCUT2D eigenvalue weighted by Crippen LogP contribution is -2.59. The van der Waals surface area contributed by atoms with E-state index < -0.39 is 53.2 Å². The zero-order chi connectivity index (χ0) is 52.6. The quantitative estimate of drug-likeness (QED) is 0.102. The van der Waals surface area contributed by atoms with Gasteiger partial charge in [-0.15, -0.1) is 0 Å². The second-order valence-corrected chi connectivity index (χ2v) is 22.7. The van der Waals surface area contributed by atoms with E-state index in [-0.39, 0.29) is 80.4 Å². The van der Waals surface area contributed by atoms with Crippen molar-refractivity contribution in [2.75, 3.05) is 33.7 Å². The van der Waals surface area contributed by atoms with Gasteiger partial charge in [-0.3, -0.25) is 28.8 Å². The van der Waals surface area contributed by atoms with Crippen molar-refractivity contribution in [1.29, 1.82) is 0 Å². The number of amides is 6. The first-order chi connectivity index (χ1) is 34.7. The van der Waals surface area contributed by atoms with E-state index >= 15 is 0 Å². The van der Waals surface area contributed by atoms with Crippen LogP contribution in [0, 0.1) is 10.8 Å². The van der Waals surface area contributed by atoms with Crippen LogP contribution >= 0.6 is 0 Å². The molecule has 16 heteroatoms. The van der Waals surface area contributed by atoms with Crippen LogP contribution in [0.3, 0.4) is 0 Å². The molecule has 9 atom stereocenters. The Morgan fingerprint density at radius 2 is 1.04 bits per heavy atom. The number of likely N-dealkylation sites (N-methyl/N-ethyl adjacent to an activating group) is 2. The summed E-state index contributed by atoms with van der Waals surface area (Å²) in [7, 11) is 3.36. The third-order valence-corrected chi connectivity index (χ3v) is 15.0. The number of hydrogen-bond acceptors (Lipinski definition) is 10. The first-order valence-corrected chi connectivity index (χ1v) is 26.4. The summed E-state index contributed by atoms with van der Waals surface area (Å²) in [6.07, 6.45) is 5.10. The summed E-state index contributed by atoms with van der Waals surface area (Å²) in [6.45, 7) is 14.0. The molecule has 2 aliphatic heterocycles. The standard InChI is InChI=1S/C57H80N8O8/c1-35(59-9)51(67)63-50(57(5,6)7)55(71)65-32-41(29-47(65)53(69)61-45-23-15-19-39-17-11-13-21-43(39)45)73-34-37-26-24-36(25-27-37)33-72-40-28-46(52(68)60-44-22-14-18-38-16-10-12-20-42(38)44)64(31-40)54(70)49(56(2,3)4)62-48(66)30-58-8/h10-13,16-17,20-21,24-27,35,40-41,44-47,49-50,58-59H,14-15,18-19,22-23,28-34H2,1-9H3,(H,60,68)(H,61,69)(H,62,66)(H,63,67)/t35-,40-,41-,44+,45+,46-,47-,49+,50+/m0/s1. The number of aryl methyl sites for hydroxylation is 2. The molecule has 6 N–H and O–H groups in total. The maximum Gasteiger partial charge on any atom is 0.246 e. The number of likely N-dealkylation sites (tertiary alicyclic amines) is 2. The summed E-state index contributed by atoms with van der Waals surface area (Å²) in [4.78, 5) is 86.9. The van der Waals surface area contributed by atoms with Gasteiger partial charge in [0, 0.05) is 25.9 Å². The normalized spacial score (nSPS) is 23.1. The second-order valence-electron chi connectivity index (χ2n) is 22.7. The van der Waals surface area contributed by atoms with Crippen molar-refractivity contribution in [2.45, 2.75) is 168 Å². The van der Waals surface area contributed by atoms with E-state index in [0.29, 0.717) is 12.8 Å². The maximum atomic E-state index is 14.6. The van der Waals surface area contributed by atoms with Gasteiger partial charge in [-0.05, 0) is 104 Å². The predicted molar refractivity (Wildman–Crippen MR) is 280 cm³/mol. The lowest BCUT2D eigenvalue weighted by Gasteiger charge is -2.36. The van der Waals surface area contributed by atoms with Crippen LogP contribution < -0.4 is 31.9 Å². The minimum absolute atomic E-state index is 0.0501. The number of nitrogens with one attached hydrogen (secondary N) is 6. The summed E-state index contributed by atoms with van der Waals surface area (Å²) in [6, 6.07) is 20.0. The first-order valence-electron chi connectivity index (χ1n) is 26.4.